The smallest absolute Gasteiger partial charge is 0.386 e. The van der Waals surface area contributed by atoms with Crippen LogP contribution in [0.15, 0.2) is 24.5 Å². The summed E-state index contributed by atoms with van der Waals surface area (Å²) in [5, 5.41) is 10.4. The Morgan fingerprint density at radius 3 is 3.09 bits per heavy atom. The molecule has 1 aromatic heterocycles. The molecule has 9 heteroatoms. The maximum absolute atomic E-state index is 11.5. The summed E-state index contributed by atoms with van der Waals surface area (Å²) in [4.78, 5) is 13.7. The molecule has 2 aliphatic rings. The van der Waals surface area contributed by atoms with Crippen molar-refractivity contribution in [2.75, 3.05) is 6.61 Å². The van der Waals surface area contributed by atoms with E-state index in [0.29, 0.717) is 0 Å². The molecule has 2 aromatic rings. The molecule has 1 unspecified atom stereocenters. The van der Waals surface area contributed by atoms with Gasteiger partial charge in [-0.1, -0.05) is 6.07 Å². The fourth-order valence-electron chi connectivity index (χ4n) is 2.90. The molecular formula is C13H15N2O6P. The molecule has 0 aliphatic carbocycles. The molecule has 2 fully saturated rings. The molecule has 2 aliphatic heterocycles. The van der Waals surface area contributed by atoms with E-state index in [4.69, 9.17) is 13.8 Å². The number of fused-ring (bicyclic) bond motifs is 2. The van der Waals surface area contributed by atoms with E-state index in [2.05, 4.69) is 4.98 Å². The Morgan fingerprint density at radius 2 is 2.27 bits per heavy atom. The lowest BCUT2D eigenvalue weighted by atomic mass is 10.1. The van der Waals surface area contributed by atoms with Gasteiger partial charge in [0.1, 0.15) is 18.3 Å². The van der Waals surface area contributed by atoms with Crippen LogP contribution in [0.5, 0.6) is 0 Å². The van der Waals surface area contributed by atoms with Gasteiger partial charge < -0.3 is 19.3 Å². The fourth-order valence-corrected chi connectivity index (χ4v) is 3.87. The second kappa shape index (κ2) is 4.86. The first-order valence-corrected chi connectivity index (χ1v) is 8.37. The van der Waals surface area contributed by atoms with E-state index >= 15 is 0 Å². The highest BCUT2D eigenvalue weighted by Gasteiger charge is 2.52. The van der Waals surface area contributed by atoms with Gasteiger partial charge in [-0.05, 0) is 24.6 Å². The van der Waals surface area contributed by atoms with Gasteiger partial charge in [0.15, 0.2) is 6.23 Å². The summed E-state index contributed by atoms with van der Waals surface area (Å²) in [7, 11) is -4.12. The summed E-state index contributed by atoms with van der Waals surface area (Å²) < 4.78 is 28.6. The predicted octanol–water partition coefficient (Wildman–Crippen LogP) is 1.12. The quantitative estimate of drug-likeness (QED) is 0.757. The van der Waals surface area contributed by atoms with Gasteiger partial charge in [0.2, 0.25) is 0 Å². The van der Waals surface area contributed by atoms with Gasteiger partial charge in [-0.3, -0.25) is 9.05 Å². The van der Waals surface area contributed by atoms with E-state index in [1.165, 1.54) is 0 Å². The summed E-state index contributed by atoms with van der Waals surface area (Å²) in [6.45, 7) is 1.86. The minimum atomic E-state index is -4.12. The maximum Gasteiger partial charge on any atom is 0.472 e. The SMILES string of the molecule is Cc1ccc2ncn([C@@H]3O[C@@H]4COP(=O)(O)O[C@H]4[C@H]3O)c2c1. The molecule has 118 valence electrons. The largest absolute Gasteiger partial charge is 0.472 e. The van der Waals surface area contributed by atoms with Crippen LogP contribution in [-0.4, -0.2) is 44.5 Å². The Hall–Kier alpha value is -1.28. The molecule has 2 saturated heterocycles. The highest BCUT2D eigenvalue weighted by molar-refractivity contribution is 7.47. The van der Waals surface area contributed by atoms with Crippen LogP contribution in [0.25, 0.3) is 11.0 Å². The molecular weight excluding hydrogens is 311 g/mol. The number of imidazole rings is 1. The lowest BCUT2D eigenvalue weighted by Gasteiger charge is -2.27. The Kier molecular flexibility index (Phi) is 3.16. The van der Waals surface area contributed by atoms with Gasteiger partial charge in [0, 0.05) is 0 Å². The van der Waals surface area contributed by atoms with Gasteiger partial charge in [-0.15, -0.1) is 0 Å². The monoisotopic (exact) mass is 326 g/mol. The van der Waals surface area contributed by atoms with Crippen LogP contribution in [-0.2, 0) is 18.3 Å². The van der Waals surface area contributed by atoms with Crippen molar-refractivity contribution in [2.24, 2.45) is 0 Å². The second-order valence-corrected chi connectivity index (χ2v) is 6.94. The van der Waals surface area contributed by atoms with Gasteiger partial charge in [0.05, 0.1) is 24.0 Å². The van der Waals surface area contributed by atoms with Crippen LogP contribution in [0.4, 0.5) is 0 Å². The van der Waals surface area contributed by atoms with Crippen LogP contribution in [0.3, 0.4) is 0 Å². The van der Waals surface area contributed by atoms with Crippen molar-refractivity contribution in [3.05, 3.63) is 30.1 Å². The molecule has 2 N–H and O–H groups in total. The van der Waals surface area contributed by atoms with Crippen LogP contribution in [0.1, 0.15) is 11.8 Å². The third-order valence-electron chi connectivity index (χ3n) is 3.97. The standard InChI is InChI=1S/C13H15N2O6P/c1-7-2-3-8-9(4-7)15(6-14-8)13-11(16)12-10(20-13)5-19-22(17,18)21-12/h2-4,6,10-13,16H,5H2,1H3,(H,17,18)/t10-,11-,12-,13-/m1/s1. The lowest BCUT2D eigenvalue weighted by Crippen LogP contribution is -2.39. The summed E-state index contributed by atoms with van der Waals surface area (Å²) >= 11 is 0. The number of aromatic nitrogens is 2. The third-order valence-corrected chi connectivity index (χ3v) is 4.96. The number of hydrogen-bond donors (Lipinski definition) is 2. The molecule has 0 bridgehead atoms. The average molecular weight is 326 g/mol. The number of nitrogens with zero attached hydrogens (tertiary/aromatic N) is 2. The lowest BCUT2D eigenvalue weighted by molar-refractivity contribution is -0.0663. The van der Waals surface area contributed by atoms with Crippen molar-refractivity contribution in [3.8, 4) is 0 Å². The molecule has 0 amide bonds. The van der Waals surface area contributed by atoms with E-state index in [0.717, 1.165) is 16.6 Å². The van der Waals surface area contributed by atoms with Crippen molar-refractivity contribution in [1.29, 1.82) is 0 Å². The third kappa shape index (κ3) is 2.20. The zero-order valence-electron chi connectivity index (χ0n) is 11.7. The van der Waals surface area contributed by atoms with Crippen molar-refractivity contribution >= 4 is 18.9 Å². The molecule has 22 heavy (non-hydrogen) atoms. The first-order valence-electron chi connectivity index (χ1n) is 6.87. The Labute approximate surface area is 125 Å². The molecule has 5 atom stereocenters. The summed E-state index contributed by atoms with van der Waals surface area (Å²) in [5.74, 6) is 0. The molecule has 3 heterocycles. The van der Waals surface area contributed by atoms with E-state index in [9.17, 15) is 14.6 Å². The van der Waals surface area contributed by atoms with Gasteiger partial charge >= 0.3 is 7.82 Å². The van der Waals surface area contributed by atoms with Crippen molar-refractivity contribution in [2.45, 2.75) is 31.5 Å². The van der Waals surface area contributed by atoms with Gasteiger partial charge in [-0.25, -0.2) is 9.55 Å². The topological polar surface area (TPSA) is 103 Å². The molecule has 0 saturated carbocycles. The average Bonchev–Trinajstić information content (AvgIpc) is 3.00. The number of hydrogen-bond acceptors (Lipinski definition) is 6. The number of aryl methyl sites for hydroxylation is 1. The van der Waals surface area contributed by atoms with Gasteiger partial charge in [-0.2, -0.15) is 0 Å². The summed E-state index contributed by atoms with van der Waals surface area (Å²) in [6.07, 6.45) is -1.77. The minimum absolute atomic E-state index is 0.0995. The first-order chi connectivity index (χ1) is 10.4. The van der Waals surface area contributed by atoms with E-state index in [1.807, 2.05) is 25.1 Å². The number of ether oxygens (including phenoxy) is 1. The number of benzene rings is 1. The van der Waals surface area contributed by atoms with Crippen molar-refractivity contribution < 1.29 is 28.3 Å². The summed E-state index contributed by atoms with van der Waals surface area (Å²) in [5.41, 5.74) is 2.65. The Morgan fingerprint density at radius 1 is 1.45 bits per heavy atom. The van der Waals surface area contributed by atoms with Crippen LogP contribution in [0, 0.1) is 6.92 Å². The zero-order chi connectivity index (χ0) is 15.5. The number of rotatable bonds is 1. The van der Waals surface area contributed by atoms with Gasteiger partial charge in [0.25, 0.3) is 0 Å². The predicted molar refractivity (Wildman–Crippen MR) is 75.0 cm³/mol. The van der Waals surface area contributed by atoms with Crippen molar-refractivity contribution in [3.63, 3.8) is 0 Å². The molecule has 0 spiro atoms. The zero-order valence-corrected chi connectivity index (χ0v) is 12.6. The second-order valence-electron chi connectivity index (χ2n) is 5.53. The van der Waals surface area contributed by atoms with Crippen LogP contribution >= 0.6 is 7.82 Å². The van der Waals surface area contributed by atoms with E-state index in [1.54, 1.807) is 10.9 Å². The minimum Gasteiger partial charge on any atom is -0.386 e. The number of aliphatic hydroxyl groups is 1. The fraction of sp³-hybridized carbons (Fsp3) is 0.462. The highest BCUT2D eigenvalue weighted by atomic mass is 31.2. The first kappa shape index (κ1) is 14.3. The normalized spacial score (nSPS) is 38.3. The van der Waals surface area contributed by atoms with Crippen LogP contribution < -0.4 is 0 Å². The number of aliphatic hydroxyl groups excluding tert-OH is 1. The number of phosphoric acid groups is 1. The van der Waals surface area contributed by atoms with E-state index in [-0.39, 0.29) is 6.61 Å². The molecule has 4 rings (SSSR count). The molecule has 8 nitrogen and oxygen atoms in total. The van der Waals surface area contributed by atoms with E-state index < -0.39 is 32.4 Å². The van der Waals surface area contributed by atoms with Crippen molar-refractivity contribution in [1.82, 2.24) is 9.55 Å². The highest BCUT2D eigenvalue weighted by Crippen LogP contribution is 2.52. The maximum atomic E-state index is 11.5. The Balaban J connectivity index is 1.71. The molecule has 1 aromatic carbocycles. The Bertz CT molecular complexity index is 777. The molecule has 0 radical (unpaired) electrons. The number of phosphoric ester groups is 1. The summed E-state index contributed by atoms with van der Waals surface area (Å²) in [6, 6.07) is 5.77. The van der Waals surface area contributed by atoms with Crippen LogP contribution in [0.2, 0.25) is 0 Å².